The first-order chi connectivity index (χ1) is 8.10. The van der Waals surface area contributed by atoms with Gasteiger partial charge in [-0.3, -0.25) is 0 Å². The van der Waals surface area contributed by atoms with E-state index in [9.17, 15) is 18.3 Å². The first kappa shape index (κ1) is 15.2. The summed E-state index contributed by atoms with van der Waals surface area (Å²) in [4.78, 5) is 3.32. The highest BCUT2D eigenvalue weighted by molar-refractivity contribution is 7.09. The molecular weight excluding hydrogens is 267 g/mol. The van der Waals surface area contributed by atoms with Crippen LogP contribution in [0.5, 0.6) is 0 Å². The van der Waals surface area contributed by atoms with Gasteiger partial charge in [-0.25, -0.2) is 0 Å². The molecule has 1 heterocycles. The second kappa shape index (κ2) is 5.40. The van der Waals surface area contributed by atoms with Crippen molar-refractivity contribution in [2.75, 3.05) is 11.9 Å². The van der Waals surface area contributed by atoms with Gasteiger partial charge in [0.2, 0.25) is 11.0 Å². The Labute approximate surface area is 107 Å². The smallest absolute Gasteiger partial charge is 0.388 e. The summed E-state index contributed by atoms with van der Waals surface area (Å²) in [6.45, 7) is 5.69. The van der Waals surface area contributed by atoms with Crippen LogP contribution in [0.15, 0.2) is 0 Å². The predicted molar refractivity (Wildman–Crippen MR) is 63.5 cm³/mol. The quantitative estimate of drug-likeness (QED) is 0.872. The lowest BCUT2D eigenvalue weighted by Crippen LogP contribution is -2.34. The number of hydrogen-bond donors (Lipinski definition) is 2. The summed E-state index contributed by atoms with van der Waals surface area (Å²) in [6, 6.07) is 0. The van der Waals surface area contributed by atoms with Crippen LogP contribution in [0.1, 0.15) is 33.0 Å². The molecule has 0 aliphatic carbocycles. The van der Waals surface area contributed by atoms with E-state index in [4.69, 9.17) is 0 Å². The molecule has 104 valence electrons. The van der Waals surface area contributed by atoms with Crippen molar-refractivity contribution in [2.45, 2.75) is 39.0 Å². The number of halogens is 3. The fraction of sp³-hybridized carbons (Fsp3) is 0.800. The summed E-state index contributed by atoms with van der Waals surface area (Å²) in [5.41, 5.74) is -0.988. The van der Waals surface area contributed by atoms with E-state index >= 15 is 0 Å². The van der Waals surface area contributed by atoms with Crippen molar-refractivity contribution < 1.29 is 18.3 Å². The molecule has 0 saturated carbocycles. The molecule has 1 atom stereocenters. The number of rotatable bonds is 5. The van der Waals surface area contributed by atoms with Crippen LogP contribution in [0.25, 0.3) is 0 Å². The highest BCUT2D eigenvalue weighted by Crippen LogP contribution is 2.29. The zero-order valence-corrected chi connectivity index (χ0v) is 11.2. The fourth-order valence-electron chi connectivity index (χ4n) is 1.63. The Bertz CT molecular complexity index is 390. The Kier molecular flexibility index (Phi) is 4.55. The summed E-state index contributed by atoms with van der Waals surface area (Å²) in [6.07, 6.45) is -3.98. The Balaban J connectivity index is 2.56. The maximum Gasteiger partial charge on any atom is 0.452 e. The van der Waals surface area contributed by atoms with E-state index in [2.05, 4.69) is 14.7 Å². The average Bonchev–Trinajstić information content (AvgIpc) is 2.60. The minimum absolute atomic E-state index is 0.0614. The first-order valence-electron chi connectivity index (χ1n) is 5.47. The van der Waals surface area contributed by atoms with Crippen molar-refractivity contribution in [1.82, 2.24) is 9.36 Å². The fourth-order valence-corrected chi connectivity index (χ4v) is 2.21. The molecule has 0 bridgehead atoms. The Morgan fingerprint density at radius 3 is 2.44 bits per heavy atom. The van der Waals surface area contributed by atoms with Gasteiger partial charge in [0.05, 0.1) is 5.60 Å². The van der Waals surface area contributed by atoms with E-state index in [1.807, 2.05) is 13.8 Å². The van der Waals surface area contributed by atoms with Crippen LogP contribution in [-0.2, 0) is 6.18 Å². The van der Waals surface area contributed by atoms with Gasteiger partial charge in [-0.1, -0.05) is 13.8 Å². The topological polar surface area (TPSA) is 58.0 Å². The van der Waals surface area contributed by atoms with E-state index in [0.29, 0.717) is 23.9 Å². The van der Waals surface area contributed by atoms with Gasteiger partial charge in [0, 0.05) is 18.1 Å². The molecule has 0 aromatic carbocycles. The normalized spacial score (nSPS) is 15.8. The molecule has 1 unspecified atom stereocenters. The first-order valence-corrected chi connectivity index (χ1v) is 6.25. The molecule has 0 fully saturated rings. The van der Waals surface area contributed by atoms with E-state index in [1.165, 1.54) is 0 Å². The van der Waals surface area contributed by atoms with Gasteiger partial charge in [0.1, 0.15) is 0 Å². The number of alkyl halides is 3. The van der Waals surface area contributed by atoms with Gasteiger partial charge in [-0.15, -0.1) is 0 Å². The number of anilines is 1. The maximum absolute atomic E-state index is 12.3. The van der Waals surface area contributed by atoms with E-state index < -0.39 is 17.6 Å². The van der Waals surface area contributed by atoms with Gasteiger partial charge >= 0.3 is 6.18 Å². The minimum Gasteiger partial charge on any atom is -0.388 e. The van der Waals surface area contributed by atoms with Crippen molar-refractivity contribution in [1.29, 1.82) is 0 Å². The van der Waals surface area contributed by atoms with Crippen molar-refractivity contribution in [3.05, 3.63) is 5.82 Å². The zero-order valence-electron chi connectivity index (χ0n) is 10.4. The van der Waals surface area contributed by atoms with Crippen LogP contribution in [0.3, 0.4) is 0 Å². The number of nitrogens with one attached hydrogen (secondary N) is 1. The third kappa shape index (κ3) is 4.77. The third-order valence-corrected chi connectivity index (χ3v) is 2.82. The highest BCUT2D eigenvalue weighted by atomic mass is 32.1. The predicted octanol–water partition coefficient (Wildman–Crippen LogP) is 2.77. The van der Waals surface area contributed by atoms with Gasteiger partial charge in [0.25, 0.3) is 0 Å². The van der Waals surface area contributed by atoms with Crippen LogP contribution in [0.4, 0.5) is 18.3 Å². The van der Waals surface area contributed by atoms with Crippen molar-refractivity contribution in [3.63, 3.8) is 0 Å². The molecule has 8 heteroatoms. The number of aliphatic hydroxyl groups is 1. The summed E-state index contributed by atoms with van der Waals surface area (Å²) in [5, 5.41) is 12.7. The van der Waals surface area contributed by atoms with Crippen LogP contribution in [0, 0.1) is 5.92 Å². The zero-order chi connectivity index (χ0) is 14.0. The molecule has 0 aliphatic heterocycles. The third-order valence-electron chi connectivity index (χ3n) is 2.15. The second-order valence-corrected chi connectivity index (χ2v) is 5.62. The summed E-state index contributed by atoms with van der Waals surface area (Å²) in [7, 11) is 0. The number of nitrogens with zero attached hydrogens (tertiary/aromatic N) is 2. The lowest BCUT2D eigenvalue weighted by molar-refractivity contribution is -0.144. The molecule has 0 radical (unpaired) electrons. The maximum atomic E-state index is 12.3. The van der Waals surface area contributed by atoms with E-state index in [1.54, 1.807) is 6.92 Å². The molecule has 4 nitrogen and oxygen atoms in total. The molecule has 0 spiro atoms. The largest absolute Gasteiger partial charge is 0.452 e. The van der Waals surface area contributed by atoms with Crippen molar-refractivity contribution >= 4 is 16.7 Å². The summed E-state index contributed by atoms with van der Waals surface area (Å²) < 4.78 is 40.0. The molecule has 0 amide bonds. The second-order valence-electron chi connectivity index (χ2n) is 4.87. The molecule has 1 aromatic heterocycles. The Morgan fingerprint density at radius 1 is 1.39 bits per heavy atom. The van der Waals surface area contributed by atoms with Gasteiger partial charge in [-0.2, -0.15) is 22.5 Å². The molecule has 0 saturated heterocycles. The van der Waals surface area contributed by atoms with Crippen LogP contribution >= 0.6 is 11.5 Å². The molecule has 0 aliphatic rings. The Hall–Kier alpha value is -0.890. The Morgan fingerprint density at radius 2 is 2.00 bits per heavy atom. The van der Waals surface area contributed by atoms with E-state index in [-0.39, 0.29) is 11.7 Å². The molecule has 18 heavy (non-hydrogen) atoms. The van der Waals surface area contributed by atoms with Crippen molar-refractivity contribution in [2.24, 2.45) is 5.92 Å². The van der Waals surface area contributed by atoms with Gasteiger partial charge in [-0.05, 0) is 19.3 Å². The molecule has 1 rings (SSSR count). The SMILES string of the molecule is CC(C)CC(C)(O)CNc1nc(C(F)(F)F)ns1. The average molecular weight is 283 g/mol. The molecule has 2 N–H and O–H groups in total. The number of aromatic nitrogens is 2. The highest BCUT2D eigenvalue weighted by Gasteiger charge is 2.36. The summed E-state index contributed by atoms with van der Waals surface area (Å²) >= 11 is 0.633. The van der Waals surface area contributed by atoms with E-state index in [0.717, 1.165) is 0 Å². The van der Waals surface area contributed by atoms with Crippen LogP contribution < -0.4 is 5.32 Å². The van der Waals surface area contributed by atoms with Gasteiger partial charge in [0.15, 0.2) is 0 Å². The number of hydrogen-bond acceptors (Lipinski definition) is 5. The van der Waals surface area contributed by atoms with Gasteiger partial charge < -0.3 is 10.4 Å². The monoisotopic (exact) mass is 283 g/mol. The summed E-state index contributed by atoms with van der Waals surface area (Å²) in [5.74, 6) is -0.861. The lowest BCUT2D eigenvalue weighted by Gasteiger charge is -2.25. The standard InChI is InChI=1S/C10H16F3N3OS/c1-6(2)4-9(3,17)5-14-8-15-7(16-18-8)10(11,12)13/h6,17H,4-5H2,1-3H3,(H,14,15,16). The molecule has 1 aromatic rings. The molecular formula is C10H16F3N3OS. The van der Waals surface area contributed by atoms with Crippen LogP contribution in [-0.4, -0.2) is 26.6 Å². The van der Waals surface area contributed by atoms with Crippen LogP contribution in [0.2, 0.25) is 0 Å². The minimum atomic E-state index is -4.53. The van der Waals surface area contributed by atoms with Crippen molar-refractivity contribution in [3.8, 4) is 0 Å². The lowest BCUT2D eigenvalue weighted by atomic mass is 9.94.